The molecular formula is C16H19NO2. The zero-order valence-corrected chi connectivity index (χ0v) is 11.0. The number of hydrogen-bond donors (Lipinski definition) is 3. The molecule has 2 aromatic carbocycles. The van der Waals surface area contributed by atoms with Crippen molar-refractivity contribution in [2.75, 3.05) is 0 Å². The molecule has 0 bridgehead atoms. The first-order valence-electron chi connectivity index (χ1n) is 6.39. The van der Waals surface area contributed by atoms with Crippen molar-refractivity contribution in [2.24, 2.45) is 5.73 Å². The second-order valence-corrected chi connectivity index (χ2v) is 4.95. The van der Waals surface area contributed by atoms with E-state index in [0.29, 0.717) is 0 Å². The fourth-order valence-electron chi connectivity index (χ4n) is 2.25. The van der Waals surface area contributed by atoms with Gasteiger partial charge in [-0.1, -0.05) is 24.3 Å². The zero-order valence-electron chi connectivity index (χ0n) is 11.0. The molecule has 2 aromatic rings. The maximum atomic E-state index is 9.37. The van der Waals surface area contributed by atoms with Gasteiger partial charge in [0, 0.05) is 12.0 Å². The lowest BCUT2D eigenvalue weighted by molar-refractivity contribution is 0.474. The van der Waals surface area contributed by atoms with Gasteiger partial charge in [0.25, 0.3) is 0 Å². The average Bonchev–Trinajstić information content (AvgIpc) is 2.38. The van der Waals surface area contributed by atoms with Gasteiger partial charge in [-0.05, 0) is 48.7 Å². The van der Waals surface area contributed by atoms with Gasteiger partial charge in [-0.15, -0.1) is 0 Å². The van der Waals surface area contributed by atoms with E-state index in [2.05, 4.69) is 0 Å². The quantitative estimate of drug-likeness (QED) is 0.789. The molecular weight excluding hydrogens is 238 g/mol. The number of aromatic hydroxyl groups is 2. The Morgan fingerprint density at radius 3 is 1.53 bits per heavy atom. The Balaban J connectivity index is 2.35. The lowest BCUT2D eigenvalue weighted by atomic mass is 9.86. The van der Waals surface area contributed by atoms with E-state index in [1.165, 1.54) is 0 Å². The van der Waals surface area contributed by atoms with Gasteiger partial charge >= 0.3 is 0 Å². The van der Waals surface area contributed by atoms with E-state index in [0.717, 1.165) is 17.5 Å². The molecule has 3 nitrogen and oxygen atoms in total. The first-order valence-corrected chi connectivity index (χ1v) is 6.39. The molecule has 0 aliphatic rings. The van der Waals surface area contributed by atoms with E-state index in [9.17, 15) is 10.2 Å². The van der Waals surface area contributed by atoms with E-state index in [1.54, 1.807) is 24.3 Å². The second-order valence-electron chi connectivity index (χ2n) is 4.95. The molecule has 19 heavy (non-hydrogen) atoms. The number of phenols is 2. The third-order valence-corrected chi connectivity index (χ3v) is 3.20. The summed E-state index contributed by atoms with van der Waals surface area (Å²) in [6.45, 7) is 1.98. The van der Waals surface area contributed by atoms with Crippen LogP contribution < -0.4 is 5.73 Å². The van der Waals surface area contributed by atoms with Crippen LogP contribution in [0.4, 0.5) is 0 Å². The van der Waals surface area contributed by atoms with Gasteiger partial charge in [0.05, 0.1) is 0 Å². The first kappa shape index (κ1) is 13.4. The summed E-state index contributed by atoms with van der Waals surface area (Å²) in [6, 6.07) is 14.5. The highest BCUT2D eigenvalue weighted by molar-refractivity contribution is 5.37. The molecule has 0 aliphatic heterocycles. The van der Waals surface area contributed by atoms with Gasteiger partial charge in [0.2, 0.25) is 0 Å². The third-order valence-electron chi connectivity index (χ3n) is 3.20. The Hall–Kier alpha value is -2.00. The van der Waals surface area contributed by atoms with Gasteiger partial charge in [-0.25, -0.2) is 0 Å². The van der Waals surface area contributed by atoms with Crippen molar-refractivity contribution in [3.05, 3.63) is 59.7 Å². The molecule has 0 aromatic heterocycles. The molecule has 0 spiro atoms. The van der Waals surface area contributed by atoms with Gasteiger partial charge < -0.3 is 15.9 Å². The standard InChI is InChI=1S/C16H19NO2/c1-11(17)10-16(12-2-6-14(18)7-3-12)13-4-8-15(19)9-5-13/h2-9,11,16,18-19H,10,17H2,1H3. The molecule has 0 amide bonds. The fourth-order valence-corrected chi connectivity index (χ4v) is 2.25. The Labute approximate surface area is 113 Å². The van der Waals surface area contributed by atoms with E-state index in [1.807, 2.05) is 31.2 Å². The van der Waals surface area contributed by atoms with Crippen LogP contribution in [0.15, 0.2) is 48.5 Å². The van der Waals surface area contributed by atoms with Crippen molar-refractivity contribution in [2.45, 2.75) is 25.3 Å². The van der Waals surface area contributed by atoms with E-state index >= 15 is 0 Å². The Kier molecular flexibility index (Phi) is 4.07. The van der Waals surface area contributed by atoms with Crippen molar-refractivity contribution in [1.82, 2.24) is 0 Å². The summed E-state index contributed by atoms with van der Waals surface area (Å²) in [5.74, 6) is 0.684. The van der Waals surface area contributed by atoms with E-state index < -0.39 is 0 Å². The minimum atomic E-state index is 0.0765. The summed E-state index contributed by atoms with van der Waals surface area (Å²) >= 11 is 0. The fraction of sp³-hybridized carbons (Fsp3) is 0.250. The van der Waals surface area contributed by atoms with Gasteiger partial charge in [-0.2, -0.15) is 0 Å². The molecule has 0 fully saturated rings. The summed E-state index contributed by atoms with van der Waals surface area (Å²) in [5, 5.41) is 18.7. The minimum absolute atomic E-state index is 0.0765. The number of benzene rings is 2. The second kappa shape index (κ2) is 5.76. The van der Waals surface area contributed by atoms with Crippen molar-refractivity contribution in [3.63, 3.8) is 0 Å². The molecule has 2 rings (SSSR count). The smallest absolute Gasteiger partial charge is 0.115 e. The van der Waals surface area contributed by atoms with Crippen LogP contribution in [0.5, 0.6) is 11.5 Å². The molecule has 4 N–H and O–H groups in total. The SMILES string of the molecule is CC(N)CC(c1ccc(O)cc1)c1ccc(O)cc1. The lowest BCUT2D eigenvalue weighted by Crippen LogP contribution is -2.19. The van der Waals surface area contributed by atoms with Gasteiger partial charge in [0.15, 0.2) is 0 Å². The number of phenolic OH excluding ortho intramolecular Hbond substituents is 2. The van der Waals surface area contributed by atoms with Crippen LogP contribution in [-0.4, -0.2) is 16.3 Å². The highest BCUT2D eigenvalue weighted by Crippen LogP contribution is 2.30. The molecule has 0 saturated heterocycles. The predicted molar refractivity (Wildman–Crippen MR) is 76.3 cm³/mol. The van der Waals surface area contributed by atoms with Crippen LogP contribution in [0, 0.1) is 0 Å². The number of hydrogen-bond acceptors (Lipinski definition) is 3. The number of rotatable bonds is 4. The first-order chi connectivity index (χ1) is 9.06. The molecule has 3 heteroatoms. The summed E-state index contributed by atoms with van der Waals surface area (Å²) in [5.41, 5.74) is 8.15. The predicted octanol–water partition coefficient (Wildman–Crippen LogP) is 2.97. The highest BCUT2D eigenvalue weighted by Gasteiger charge is 2.16. The Morgan fingerprint density at radius 1 is 0.842 bits per heavy atom. The van der Waals surface area contributed by atoms with Crippen LogP contribution in [0.1, 0.15) is 30.4 Å². The van der Waals surface area contributed by atoms with Crippen LogP contribution in [0.2, 0.25) is 0 Å². The van der Waals surface area contributed by atoms with E-state index in [-0.39, 0.29) is 23.5 Å². The van der Waals surface area contributed by atoms with Crippen molar-refractivity contribution in [3.8, 4) is 11.5 Å². The molecule has 1 atom stereocenters. The molecule has 1 unspecified atom stereocenters. The van der Waals surface area contributed by atoms with Crippen LogP contribution in [0.25, 0.3) is 0 Å². The molecule has 0 aliphatic carbocycles. The molecule has 0 heterocycles. The summed E-state index contributed by atoms with van der Waals surface area (Å²) < 4.78 is 0. The van der Waals surface area contributed by atoms with Crippen molar-refractivity contribution < 1.29 is 10.2 Å². The third kappa shape index (κ3) is 3.48. The Bertz CT molecular complexity index is 472. The topological polar surface area (TPSA) is 66.5 Å². The lowest BCUT2D eigenvalue weighted by Gasteiger charge is -2.20. The van der Waals surface area contributed by atoms with E-state index in [4.69, 9.17) is 5.73 Å². The summed E-state index contributed by atoms with van der Waals surface area (Å²) in [6.07, 6.45) is 0.815. The zero-order chi connectivity index (χ0) is 13.8. The molecule has 0 radical (unpaired) electrons. The monoisotopic (exact) mass is 257 g/mol. The van der Waals surface area contributed by atoms with Gasteiger partial charge in [0.1, 0.15) is 11.5 Å². The number of nitrogens with two attached hydrogens (primary N) is 1. The average molecular weight is 257 g/mol. The highest BCUT2D eigenvalue weighted by atomic mass is 16.3. The minimum Gasteiger partial charge on any atom is -0.508 e. The van der Waals surface area contributed by atoms with Gasteiger partial charge in [-0.3, -0.25) is 0 Å². The van der Waals surface area contributed by atoms with Crippen LogP contribution >= 0.6 is 0 Å². The molecule has 100 valence electrons. The van der Waals surface area contributed by atoms with Crippen LogP contribution in [-0.2, 0) is 0 Å². The largest absolute Gasteiger partial charge is 0.508 e. The maximum Gasteiger partial charge on any atom is 0.115 e. The summed E-state index contributed by atoms with van der Waals surface area (Å²) in [4.78, 5) is 0. The van der Waals surface area contributed by atoms with Crippen LogP contribution in [0.3, 0.4) is 0 Å². The maximum absolute atomic E-state index is 9.37. The normalized spacial score (nSPS) is 12.6. The summed E-state index contributed by atoms with van der Waals surface area (Å²) in [7, 11) is 0. The Morgan fingerprint density at radius 2 is 1.21 bits per heavy atom. The van der Waals surface area contributed by atoms with Crippen molar-refractivity contribution >= 4 is 0 Å². The molecule has 0 saturated carbocycles. The van der Waals surface area contributed by atoms with Crippen molar-refractivity contribution in [1.29, 1.82) is 0 Å².